The van der Waals surface area contributed by atoms with Crippen molar-refractivity contribution in [2.24, 2.45) is 0 Å². The lowest BCUT2D eigenvalue weighted by molar-refractivity contribution is -0.140. The van der Waals surface area contributed by atoms with Crippen LogP contribution in [0.25, 0.3) is 0 Å². The summed E-state index contributed by atoms with van der Waals surface area (Å²) in [6.07, 6.45) is 0.893. The van der Waals surface area contributed by atoms with Crippen LogP contribution in [-0.2, 0) is 9.53 Å². The number of carbonyl (C=O) groups is 1. The number of carboxylic acids is 1. The minimum Gasteiger partial charge on any atom is -0.480 e. The predicted octanol–water partition coefficient (Wildman–Crippen LogP) is -0.129. The highest BCUT2D eigenvalue weighted by Gasteiger charge is 2.18. The van der Waals surface area contributed by atoms with Crippen molar-refractivity contribution in [2.45, 2.75) is 12.5 Å². The van der Waals surface area contributed by atoms with E-state index in [1.165, 1.54) is 0 Å². The van der Waals surface area contributed by atoms with Gasteiger partial charge in [-0.3, -0.25) is 4.79 Å². The topological polar surface area (TPSA) is 58.6 Å². The van der Waals surface area contributed by atoms with E-state index < -0.39 is 12.0 Å². The van der Waals surface area contributed by atoms with Crippen LogP contribution in [-0.4, -0.2) is 36.9 Å². The van der Waals surface area contributed by atoms with E-state index in [-0.39, 0.29) is 19.0 Å². The van der Waals surface area contributed by atoms with Gasteiger partial charge < -0.3 is 15.2 Å². The van der Waals surface area contributed by atoms with E-state index in [0.29, 0.717) is 6.61 Å². The number of aliphatic carboxylic acids is 1. The molecule has 2 N–H and O–H groups in total. The van der Waals surface area contributed by atoms with E-state index in [4.69, 9.17) is 9.84 Å². The molecule has 1 saturated heterocycles. The highest BCUT2D eigenvalue weighted by atomic mass is 35.5. The Morgan fingerprint density at radius 2 is 2.36 bits per heavy atom. The lowest BCUT2D eigenvalue weighted by Gasteiger charge is -2.07. The van der Waals surface area contributed by atoms with Gasteiger partial charge in [-0.1, -0.05) is 0 Å². The lowest BCUT2D eigenvalue weighted by Crippen LogP contribution is -2.38. The summed E-state index contributed by atoms with van der Waals surface area (Å²) in [6.45, 7) is 1.68. The monoisotopic (exact) mass is 181 g/mol. The first-order valence-corrected chi connectivity index (χ1v) is 3.34. The van der Waals surface area contributed by atoms with Crippen LogP contribution in [0.5, 0.6) is 0 Å². The third kappa shape index (κ3) is 3.55. The molecule has 0 unspecified atom stereocenters. The molecule has 5 heteroatoms. The van der Waals surface area contributed by atoms with Crippen LogP contribution in [0.2, 0.25) is 0 Å². The fourth-order valence-electron chi connectivity index (χ4n) is 0.869. The van der Waals surface area contributed by atoms with Crippen molar-refractivity contribution in [1.29, 1.82) is 0 Å². The van der Waals surface area contributed by atoms with Gasteiger partial charge in [0, 0.05) is 6.61 Å². The third-order valence-corrected chi connectivity index (χ3v) is 1.44. The normalized spacial score (nSPS) is 24.9. The molecule has 0 aliphatic carbocycles. The van der Waals surface area contributed by atoms with Crippen LogP contribution in [0.3, 0.4) is 0 Å². The van der Waals surface area contributed by atoms with E-state index in [0.717, 1.165) is 13.0 Å². The Hall–Kier alpha value is -0.320. The molecule has 1 aliphatic rings. The minimum absolute atomic E-state index is 0. The molecule has 0 radical (unpaired) electrons. The average molecular weight is 182 g/mol. The van der Waals surface area contributed by atoms with E-state index in [2.05, 4.69) is 5.32 Å². The molecule has 1 atom stereocenters. The summed E-state index contributed by atoms with van der Waals surface area (Å²) in [5.74, 6) is -0.832. The molecule has 0 aromatic carbocycles. The molecule has 0 bridgehead atoms. The molecule has 66 valence electrons. The molecule has 0 aromatic heterocycles. The van der Waals surface area contributed by atoms with Gasteiger partial charge in [0.2, 0.25) is 0 Å². The Balaban J connectivity index is 0.000001000. The van der Waals surface area contributed by atoms with Crippen molar-refractivity contribution in [1.82, 2.24) is 5.32 Å². The second-order valence-electron chi connectivity index (χ2n) is 2.27. The van der Waals surface area contributed by atoms with Crippen LogP contribution in [0.1, 0.15) is 6.42 Å². The van der Waals surface area contributed by atoms with E-state index in [9.17, 15) is 4.79 Å². The number of nitrogens with one attached hydrogen (secondary N) is 1. The van der Waals surface area contributed by atoms with Gasteiger partial charge in [-0.15, -0.1) is 12.4 Å². The predicted molar refractivity (Wildman–Crippen MR) is 42.1 cm³/mol. The molecule has 1 heterocycles. The molecule has 1 aliphatic heterocycles. The van der Waals surface area contributed by atoms with Gasteiger partial charge in [0.05, 0.1) is 6.61 Å². The summed E-state index contributed by atoms with van der Waals surface area (Å²) in [7, 11) is 0. The molecular weight excluding hydrogens is 170 g/mol. The number of rotatable bonds is 1. The van der Waals surface area contributed by atoms with Crippen LogP contribution in [0.15, 0.2) is 0 Å². The number of ether oxygens (including phenoxy) is 1. The SMILES string of the molecule is Cl.O=C(O)[C@@H]1COCCCN1. The van der Waals surface area contributed by atoms with Gasteiger partial charge in [0.15, 0.2) is 0 Å². The molecule has 4 nitrogen and oxygen atoms in total. The number of hydrogen-bond donors (Lipinski definition) is 2. The minimum atomic E-state index is -0.832. The maximum atomic E-state index is 10.4. The zero-order valence-electron chi connectivity index (χ0n) is 6.08. The van der Waals surface area contributed by atoms with Crippen molar-refractivity contribution in [3.8, 4) is 0 Å². The standard InChI is InChI=1S/C6H11NO3.ClH/c8-6(9)5-4-10-3-1-2-7-5;/h5,7H,1-4H2,(H,8,9);1H/t5-;/m0./s1. The maximum Gasteiger partial charge on any atom is 0.323 e. The number of carboxylic acid groups (broad SMARTS) is 1. The fraction of sp³-hybridized carbons (Fsp3) is 0.833. The van der Waals surface area contributed by atoms with Crippen molar-refractivity contribution in [3.05, 3.63) is 0 Å². The molecule has 0 saturated carbocycles. The first-order chi connectivity index (χ1) is 4.80. The molecule has 0 spiro atoms. The average Bonchev–Trinajstić information content (AvgIpc) is 2.12. The molecule has 11 heavy (non-hydrogen) atoms. The molecule has 0 aromatic rings. The largest absolute Gasteiger partial charge is 0.480 e. The van der Waals surface area contributed by atoms with Gasteiger partial charge in [-0.25, -0.2) is 0 Å². The van der Waals surface area contributed by atoms with E-state index in [1.807, 2.05) is 0 Å². The Morgan fingerprint density at radius 3 is 3.00 bits per heavy atom. The van der Waals surface area contributed by atoms with Gasteiger partial charge in [0.1, 0.15) is 6.04 Å². The Kier molecular flexibility index (Phi) is 5.19. The summed E-state index contributed by atoms with van der Waals surface area (Å²) in [6, 6.07) is -0.512. The number of hydrogen-bond acceptors (Lipinski definition) is 3. The Morgan fingerprint density at radius 1 is 1.64 bits per heavy atom. The molecule has 1 fully saturated rings. The van der Waals surface area contributed by atoms with Crippen molar-refractivity contribution < 1.29 is 14.6 Å². The smallest absolute Gasteiger partial charge is 0.323 e. The van der Waals surface area contributed by atoms with Gasteiger partial charge >= 0.3 is 5.97 Å². The maximum absolute atomic E-state index is 10.4. The third-order valence-electron chi connectivity index (χ3n) is 1.44. The van der Waals surface area contributed by atoms with Crippen molar-refractivity contribution >= 4 is 18.4 Å². The zero-order chi connectivity index (χ0) is 7.40. The highest BCUT2D eigenvalue weighted by molar-refractivity contribution is 5.85. The highest BCUT2D eigenvalue weighted by Crippen LogP contribution is 1.93. The molecule has 1 rings (SSSR count). The van der Waals surface area contributed by atoms with Crippen LogP contribution in [0.4, 0.5) is 0 Å². The second kappa shape index (κ2) is 5.35. The van der Waals surface area contributed by atoms with Crippen molar-refractivity contribution in [3.63, 3.8) is 0 Å². The summed E-state index contributed by atoms with van der Waals surface area (Å²) in [5.41, 5.74) is 0. The van der Waals surface area contributed by atoms with Gasteiger partial charge in [0.25, 0.3) is 0 Å². The summed E-state index contributed by atoms with van der Waals surface area (Å²) in [5, 5.41) is 11.4. The molecular formula is C6H12ClNO3. The lowest BCUT2D eigenvalue weighted by atomic mass is 10.3. The van der Waals surface area contributed by atoms with Gasteiger partial charge in [-0.2, -0.15) is 0 Å². The zero-order valence-corrected chi connectivity index (χ0v) is 6.89. The quantitative estimate of drug-likeness (QED) is 0.592. The van der Waals surface area contributed by atoms with E-state index >= 15 is 0 Å². The summed E-state index contributed by atoms with van der Waals surface area (Å²) in [4.78, 5) is 10.4. The molecule has 0 amide bonds. The second-order valence-corrected chi connectivity index (χ2v) is 2.27. The van der Waals surface area contributed by atoms with Crippen LogP contribution in [0, 0.1) is 0 Å². The van der Waals surface area contributed by atoms with Crippen LogP contribution >= 0.6 is 12.4 Å². The van der Waals surface area contributed by atoms with Crippen molar-refractivity contribution in [2.75, 3.05) is 19.8 Å². The van der Waals surface area contributed by atoms with Crippen LogP contribution < -0.4 is 5.32 Å². The fourth-order valence-corrected chi connectivity index (χ4v) is 0.869. The van der Waals surface area contributed by atoms with E-state index in [1.54, 1.807) is 0 Å². The number of halogens is 1. The summed E-state index contributed by atoms with van der Waals surface area (Å²) >= 11 is 0. The summed E-state index contributed by atoms with van der Waals surface area (Å²) < 4.78 is 5.03. The Bertz CT molecular complexity index is 123. The Labute approximate surface area is 71.3 Å². The first kappa shape index (κ1) is 10.7. The first-order valence-electron chi connectivity index (χ1n) is 3.34. The van der Waals surface area contributed by atoms with Gasteiger partial charge in [-0.05, 0) is 13.0 Å².